The Kier molecular flexibility index (Phi) is 6.86. The molecule has 4 rings (SSSR count). The summed E-state index contributed by atoms with van der Waals surface area (Å²) >= 11 is 1.72. The van der Waals surface area contributed by atoms with Crippen molar-refractivity contribution in [3.63, 3.8) is 0 Å². The predicted octanol–water partition coefficient (Wildman–Crippen LogP) is 7.38. The van der Waals surface area contributed by atoms with Gasteiger partial charge in [0.2, 0.25) is 0 Å². The van der Waals surface area contributed by atoms with E-state index < -0.39 is 0 Å². The van der Waals surface area contributed by atoms with E-state index in [9.17, 15) is 4.39 Å². The monoisotopic (exact) mass is 447 g/mol. The first-order valence-corrected chi connectivity index (χ1v) is 11.5. The molecule has 0 bridgehead atoms. The summed E-state index contributed by atoms with van der Waals surface area (Å²) in [5, 5.41) is 6.20. The summed E-state index contributed by atoms with van der Waals surface area (Å²) in [6.07, 6.45) is 4.27. The third kappa shape index (κ3) is 5.17. The van der Waals surface area contributed by atoms with E-state index in [1.807, 2.05) is 43.3 Å². The lowest BCUT2D eigenvalue weighted by Crippen LogP contribution is -2.13. The summed E-state index contributed by atoms with van der Waals surface area (Å²) in [6.45, 7) is 6.50. The van der Waals surface area contributed by atoms with Gasteiger partial charge in [0.25, 0.3) is 0 Å². The molecule has 164 valence electrons. The minimum atomic E-state index is -0.229. The molecule has 1 aromatic heterocycles. The van der Waals surface area contributed by atoms with Crippen molar-refractivity contribution in [3.8, 4) is 5.75 Å². The summed E-state index contributed by atoms with van der Waals surface area (Å²) in [5.41, 5.74) is 6.66. The van der Waals surface area contributed by atoms with Crippen molar-refractivity contribution in [2.75, 3.05) is 6.61 Å². The number of hydrogen-bond acceptors (Lipinski definition) is 4. The summed E-state index contributed by atoms with van der Waals surface area (Å²) in [6, 6.07) is 16.8. The second kappa shape index (κ2) is 9.96. The number of oxime groups is 1. The molecule has 0 radical (unpaired) electrons. The molecule has 5 heteroatoms. The Hall–Kier alpha value is -3.18. The minimum Gasteiger partial charge on any atom is -0.485 e. The van der Waals surface area contributed by atoms with Gasteiger partial charge in [-0.1, -0.05) is 29.4 Å². The molecule has 0 N–H and O–H groups in total. The predicted molar refractivity (Wildman–Crippen MR) is 132 cm³/mol. The number of aryl methyl sites for hydroxylation is 1. The zero-order valence-electron chi connectivity index (χ0n) is 18.5. The highest BCUT2D eigenvalue weighted by molar-refractivity contribution is 7.11. The standard InChI is InChI=1S/C27H26FNO2S/c1-18-13-23(32-17-18)15-26-20(3)24(27-14-21(28)9-10-25(26)27)11-12-30-29-16-19(2)31-22-7-5-4-6-8-22/h4-10,13-17,19H,11-12H2,1-3H3/b26-15-,29-16?. The molecular formula is C27H26FNO2S. The average Bonchev–Trinajstić information content (AvgIpc) is 3.30. The van der Waals surface area contributed by atoms with Crippen molar-refractivity contribution in [1.29, 1.82) is 0 Å². The number of benzene rings is 2. The molecule has 1 aliphatic rings. The minimum absolute atomic E-state index is 0.205. The van der Waals surface area contributed by atoms with Gasteiger partial charge in [-0.05, 0) is 96.0 Å². The highest BCUT2D eigenvalue weighted by atomic mass is 32.1. The van der Waals surface area contributed by atoms with E-state index in [2.05, 4.69) is 36.5 Å². The molecule has 3 aromatic rings. The van der Waals surface area contributed by atoms with Crippen molar-refractivity contribution < 1.29 is 14.0 Å². The molecule has 3 nitrogen and oxygen atoms in total. The molecule has 32 heavy (non-hydrogen) atoms. The quantitative estimate of drug-likeness (QED) is 0.205. The summed E-state index contributed by atoms with van der Waals surface area (Å²) in [4.78, 5) is 6.69. The fraction of sp³-hybridized carbons (Fsp3) is 0.222. The number of halogens is 1. The average molecular weight is 448 g/mol. The van der Waals surface area contributed by atoms with Crippen LogP contribution in [-0.4, -0.2) is 18.9 Å². The number of rotatable bonds is 8. The second-order valence-electron chi connectivity index (χ2n) is 7.85. The van der Waals surface area contributed by atoms with Gasteiger partial charge in [-0.15, -0.1) is 11.3 Å². The van der Waals surface area contributed by atoms with Gasteiger partial charge in [-0.3, -0.25) is 0 Å². The van der Waals surface area contributed by atoms with Gasteiger partial charge < -0.3 is 9.57 Å². The molecule has 1 aliphatic carbocycles. The van der Waals surface area contributed by atoms with Crippen LogP contribution in [0.2, 0.25) is 0 Å². The zero-order valence-corrected chi connectivity index (χ0v) is 19.3. The Labute approximate surface area is 192 Å². The van der Waals surface area contributed by atoms with E-state index in [0.717, 1.165) is 33.6 Å². The van der Waals surface area contributed by atoms with Gasteiger partial charge in [0.15, 0.2) is 0 Å². The molecule has 0 amide bonds. The number of ether oxygens (including phenoxy) is 1. The molecule has 0 aliphatic heterocycles. The van der Waals surface area contributed by atoms with Gasteiger partial charge in [0.05, 0.1) is 6.21 Å². The molecule has 1 atom stereocenters. The van der Waals surface area contributed by atoms with E-state index in [1.54, 1.807) is 23.6 Å². The molecule has 0 fully saturated rings. The molecule has 0 saturated carbocycles. The maximum Gasteiger partial charge on any atom is 0.134 e. The highest BCUT2D eigenvalue weighted by Crippen LogP contribution is 2.44. The Balaban J connectivity index is 1.43. The third-order valence-electron chi connectivity index (χ3n) is 5.34. The van der Waals surface area contributed by atoms with Gasteiger partial charge in [0, 0.05) is 11.3 Å². The van der Waals surface area contributed by atoms with Crippen LogP contribution in [0.25, 0.3) is 17.2 Å². The molecular weight excluding hydrogens is 421 g/mol. The number of nitrogens with zero attached hydrogens (tertiary/aromatic N) is 1. The van der Waals surface area contributed by atoms with Crippen LogP contribution in [0.3, 0.4) is 0 Å². The largest absolute Gasteiger partial charge is 0.485 e. The van der Waals surface area contributed by atoms with E-state index in [0.29, 0.717) is 13.0 Å². The fourth-order valence-corrected chi connectivity index (χ4v) is 4.65. The van der Waals surface area contributed by atoms with Gasteiger partial charge in [-0.2, -0.15) is 0 Å². The van der Waals surface area contributed by atoms with Crippen molar-refractivity contribution in [2.24, 2.45) is 5.16 Å². The van der Waals surface area contributed by atoms with E-state index in [4.69, 9.17) is 9.57 Å². The molecule has 0 saturated heterocycles. The van der Waals surface area contributed by atoms with Crippen LogP contribution < -0.4 is 4.74 Å². The summed E-state index contributed by atoms with van der Waals surface area (Å²) in [5.74, 6) is 0.560. The maximum atomic E-state index is 14.0. The molecule has 0 spiro atoms. The number of para-hydroxylation sites is 1. The first-order valence-electron chi connectivity index (χ1n) is 10.7. The number of hydrogen-bond donors (Lipinski definition) is 0. The lowest BCUT2D eigenvalue weighted by atomic mass is 10.0. The zero-order chi connectivity index (χ0) is 22.5. The number of allylic oxidation sites excluding steroid dienone is 2. The van der Waals surface area contributed by atoms with Gasteiger partial charge in [0.1, 0.15) is 24.3 Å². The van der Waals surface area contributed by atoms with Crippen molar-refractivity contribution >= 4 is 34.8 Å². The summed E-state index contributed by atoms with van der Waals surface area (Å²) < 4.78 is 19.8. The second-order valence-corrected chi connectivity index (χ2v) is 8.79. The van der Waals surface area contributed by atoms with E-state index >= 15 is 0 Å². The van der Waals surface area contributed by atoms with Gasteiger partial charge >= 0.3 is 0 Å². The van der Waals surface area contributed by atoms with Crippen LogP contribution >= 0.6 is 11.3 Å². The normalized spacial score (nSPS) is 15.4. The van der Waals surface area contributed by atoms with Crippen molar-refractivity contribution in [3.05, 3.63) is 92.9 Å². The Morgan fingerprint density at radius 1 is 1.06 bits per heavy atom. The fourth-order valence-electron chi connectivity index (χ4n) is 3.82. The topological polar surface area (TPSA) is 30.8 Å². The van der Waals surface area contributed by atoms with Gasteiger partial charge in [-0.25, -0.2) is 4.39 Å². The van der Waals surface area contributed by atoms with Crippen LogP contribution in [0.15, 0.2) is 70.7 Å². The summed E-state index contributed by atoms with van der Waals surface area (Å²) in [7, 11) is 0. The van der Waals surface area contributed by atoms with Crippen LogP contribution in [-0.2, 0) is 4.84 Å². The Morgan fingerprint density at radius 3 is 2.62 bits per heavy atom. The van der Waals surface area contributed by atoms with Crippen molar-refractivity contribution in [1.82, 2.24) is 0 Å². The Morgan fingerprint density at radius 2 is 1.88 bits per heavy atom. The van der Waals surface area contributed by atoms with Crippen molar-refractivity contribution in [2.45, 2.75) is 33.3 Å². The van der Waals surface area contributed by atoms with Crippen LogP contribution in [0.1, 0.15) is 41.8 Å². The van der Waals surface area contributed by atoms with Crippen LogP contribution in [0, 0.1) is 12.7 Å². The third-order valence-corrected chi connectivity index (χ3v) is 6.34. The molecule has 1 heterocycles. The lowest BCUT2D eigenvalue weighted by Gasteiger charge is -2.10. The molecule has 1 unspecified atom stereocenters. The van der Waals surface area contributed by atoms with Crippen LogP contribution in [0.5, 0.6) is 5.75 Å². The molecule has 2 aromatic carbocycles. The SMILES string of the molecule is CC1=C(CCON=CC(C)Oc2ccccc2)c2cc(F)ccc2/C1=C\c1cc(C)cs1. The number of fused-ring (bicyclic) bond motifs is 1. The van der Waals surface area contributed by atoms with E-state index in [-0.39, 0.29) is 11.9 Å². The first kappa shape index (κ1) is 22.0. The number of thiophene rings is 1. The Bertz CT molecular complexity index is 1180. The maximum absolute atomic E-state index is 14.0. The first-order chi connectivity index (χ1) is 15.5. The van der Waals surface area contributed by atoms with E-state index in [1.165, 1.54) is 16.5 Å². The highest BCUT2D eigenvalue weighted by Gasteiger charge is 2.24. The van der Waals surface area contributed by atoms with Crippen LogP contribution in [0.4, 0.5) is 4.39 Å². The lowest BCUT2D eigenvalue weighted by molar-refractivity contribution is 0.148. The smallest absolute Gasteiger partial charge is 0.134 e.